The normalized spacial score (nSPS) is 21.1. The first-order valence-electron chi connectivity index (χ1n) is 9.18. The van der Waals surface area contributed by atoms with E-state index in [2.05, 4.69) is 20.6 Å². The van der Waals surface area contributed by atoms with E-state index in [1.54, 1.807) is 23.6 Å². The van der Waals surface area contributed by atoms with Gasteiger partial charge in [-0.2, -0.15) is 0 Å². The van der Waals surface area contributed by atoms with Crippen molar-refractivity contribution in [2.75, 3.05) is 10.6 Å². The minimum absolute atomic E-state index is 0.128. The molecule has 0 radical (unpaired) electrons. The Bertz CT molecular complexity index is 927. The van der Waals surface area contributed by atoms with Crippen molar-refractivity contribution in [1.29, 1.82) is 0 Å². The maximum Gasteiger partial charge on any atom is 0.140 e. The summed E-state index contributed by atoms with van der Waals surface area (Å²) in [7, 11) is 0. The summed E-state index contributed by atoms with van der Waals surface area (Å²) in [4.78, 5) is 9.97. The van der Waals surface area contributed by atoms with Crippen molar-refractivity contribution >= 4 is 38.9 Å². The number of thiophene rings is 1. The van der Waals surface area contributed by atoms with Gasteiger partial charge in [-0.3, -0.25) is 0 Å². The van der Waals surface area contributed by atoms with Crippen LogP contribution in [-0.4, -0.2) is 27.2 Å². The molecule has 0 aromatic carbocycles. The Morgan fingerprint density at radius 3 is 2.89 bits per heavy atom. The van der Waals surface area contributed by atoms with E-state index in [1.165, 1.54) is 12.8 Å². The molecule has 3 aromatic heterocycles. The third kappa shape index (κ3) is 3.89. The van der Waals surface area contributed by atoms with Gasteiger partial charge in [0.2, 0.25) is 0 Å². The van der Waals surface area contributed by atoms with Gasteiger partial charge in [-0.05, 0) is 37.1 Å². The molecule has 1 aliphatic rings. The van der Waals surface area contributed by atoms with Crippen LogP contribution in [0.1, 0.15) is 37.5 Å². The second-order valence-electron chi connectivity index (χ2n) is 6.91. The number of hydrogen-bond donors (Lipinski definition) is 5. The topological polar surface area (TPSA) is 122 Å². The quantitative estimate of drug-likeness (QED) is 0.428. The van der Waals surface area contributed by atoms with Crippen LogP contribution in [0.5, 0.6) is 0 Å². The molecular formula is C19H24N6OS. The summed E-state index contributed by atoms with van der Waals surface area (Å²) < 4.78 is 0. The number of fused-ring (bicyclic) bond motifs is 1. The average Bonchev–Trinajstić information content (AvgIpc) is 3.07. The summed E-state index contributed by atoms with van der Waals surface area (Å²) in [5.41, 5.74) is 13.4. The molecule has 0 saturated heterocycles. The number of anilines is 3. The van der Waals surface area contributed by atoms with Gasteiger partial charge in [-0.25, -0.2) is 9.97 Å². The summed E-state index contributed by atoms with van der Waals surface area (Å²) in [5, 5.41) is 19.7. The van der Waals surface area contributed by atoms with Crippen molar-refractivity contribution in [2.45, 2.75) is 44.0 Å². The molecule has 0 bridgehead atoms. The Balaban J connectivity index is 1.63. The van der Waals surface area contributed by atoms with Crippen LogP contribution in [-0.2, 0) is 0 Å². The molecule has 0 aliphatic heterocycles. The lowest BCUT2D eigenvalue weighted by molar-refractivity contribution is 0.186. The lowest BCUT2D eigenvalue weighted by atomic mass is 9.91. The molecule has 1 saturated carbocycles. The van der Waals surface area contributed by atoms with E-state index in [9.17, 15) is 5.11 Å². The summed E-state index contributed by atoms with van der Waals surface area (Å²) in [5.74, 6) is 1.25. The first-order chi connectivity index (χ1) is 13.1. The Labute approximate surface area is 161 Å². The van der Waals surface area contributed by atoms with E-state index >= 15 is 0 Å². The van der Waals surface area contributed by atoms with Crippen LogP contribution in [0.25, 0.3) is 10.2 Å². The van der Waals surface area contributed by atoms with E-state index in [0.29, 0.717) is 11.4 Å². The molecule has 4 rings (SSSR count). The van der Waals surface area contributed by atoms with Gasteiger partial charge in [-0.15, -0.1) is 11.3 Å². The number of aliphatic hydroxyl groups is 1. The third-order valence-corrected chi connectivity index (χ3v) is 5.90. The standard InChI is InChI=1S/C19H24N6OS/c20-13-5-1-2-6-14(13)23-16-8-7-12(17(21)26)18(25-16)24-15-10-27-19-11(15)4-3-9-22-19/h3-4,7-10,13-14,17,26H,1-2,5-6,20-21H2,(H2,23,24,25)/t13-,14+,17?/m0/s1. The fourth-order valence-corrected chi connectivity index (χ4v) is 4.35. The SMILES string of the molecule is NC(O)c1ccc(N[C@@H]2CCCC[C@@H]2N)nc1Nc1csc2ncccc12. The molecule has 3 heterocycles. The van der Waals surface area contributed by atoms with Crippen LogP contribution in [0.3, 0.4) is 0 Å². The second-order valence-corrected chi connectivity index (χ2v) is 7.77. The smallest absolute Gasteiger partial charge is 0.140 e. The van der Waals surface area contributed by atoms with Crippen LogP contribution in [0.4, 0.5) is 17.3 Å². The Morgan fingerprint density at radius 1 is 1.22 bits per heavy atom. The molecule has 8 heteroatoms. The van der Waals surface area contributed by atoms with Gasteiger partial charge in [0.05, 0.1) is 5.69 Å². The lowest BCUT2D eigenvalue weighted by Gasteiger charge is -2.30. The molecule has 27 heavy (non-hydrogen) atoms. The van der Waals surface area contributed by atoms with Gasteiger partial charge in [0.15, 0.2) is 0 Å². The van der Waals surface area contributed by atoms with Crippen molar-refractivity contribution in [3.8, 4) is 0 Å². The molecule has 7 N–H and O–H groups in total. The van der Waals surface area contributed by atoms with Gasteiger partial charge < -0.3 is 27.2 Å². The number of pyridine rings is 2. The maximum atomic E-state index is 9.95. The summed E-state index contributed by atoms with van der Waals surface area (Å²) in [6.45, 7) is 0. The number of rotatable bonds is 5. The summed E-state index contributed by atoms with van der Waals surface area (Å²) in [6.07, 6.45) is 5.06. The number of nitrogens with two attached hydrogens (primary N) is 2. The number of nitrogens with zero attached hydrogens (tertiary/aromatic N) is 2. The number of nitrogens with one attached hydrogen (secondary N) is 2. The molecule has 7 nitrogen and oxygen atoms in total. The summed E-state index contributed by atoms with van der Waals surface area (Å²) in [6, 6.07) is 7.87. The highest BCUT2D eigenvalue weighted by Crippen LogP contribution is 2.33. The lowest BCUT2D eigenvalue weighted by Crippen LogP contribution is -2.42. The Morgan fingerprint density at radius 2 is 2.07 bits per heavy atom. The zero-order chi connectivity index (χ0) is 18.8. The van der Waals surface area contributed by atoms with Crippen LogP contribution in [0.2, 0.25) is 0 Å². The molecule has 0 amide bonds. The predicted octanol–water partition coefficient (Wildman–Crippen LogP) is 3.07. The Hall–Kier alpha value is -2.26. The van der Waals surface area contributed by atoms with E-state index in [0.717, 1.165) is 34.6 Å². The zero-order valence-electron chi connectivity index (χ0n) is 14.9. The van der Waals surface area contributed by atoms with E-state index in [4.69, 9.17) is 11.5 Å². The highest BCUT2D eigenvalue weighted by molar-refractivity contribution is 7.17. The van der Waals surface area contributed by atoms with Crippen LogP contribution in [0, 0.1) is 0 Å². The van der Waals surface area contributed by atoms with Gasteiger partial charge in [0.25, 0.3) is 0 Å². The van der Waals surface area contributed by atoms with Crippen molar-refractivity contribution in [3.63, 3.8) is 0 Å². The van der Waals surface area contributed by atoms with Gasteiger partial charge in [0.1, 0.15) is 22.7 Å². The number of hydrogen-bond acceptors (Lipinski definition) is 8. The molecule has 1 fully saturated rings. The van der Waals surface area contributed by atoms with Crippen molar-refractivity contribution in [3.05, 3.63) is 41.4 Å². The van der Waals surface area contributed by atoms with Crippen molar-refractivity contribution in [1.82, 2.24) is 9.97 Å². The van der Waals surface area contributed by atoms with Crippen LogP contribution >= 0.6 is 11.3 Å². The number of aliphatic hydroxyl groups excluding tert-OH is 1. The van der Waals surface area contributed by atoms with Gasteiger partial charge in [-0.1, -0.05) is 12.8 Å². The fourth-order valence-electron chi connectivity index (χ4n) is 3.51. The molecule has 3 atom stereocenters. The maximum absolute atomic E-state index is 9.95. The minimum Gasteiger partial charge on any atom is -0.374 e. The third-order valence-electron chi connectivity index (χ3n) is 5.00. The Kier molecular flexibility index (Phi) is 5.22. The van der Waals surface area contributed by atoms with Crippen molar-refractivity contribution in [2.24, 2.45) is 11.5 Å². The van der Waals surface area contributed by atoms with E-state index < -0.39 is 6.23 Å². The van der Waals surface area contributed by atoms with Gasteiger partial charge in [0, 0.05) is 34.6 Å². The van der Waals surface area contributed by atoms with Gasteiger partial charge >= 0.3 is 0 Å². The monoisotopic (exact) mass is 384 g/mol. The summed E-state index contributed by atoms with van der Waals surface area (Å²) >= 11 is 1.55. The number of aromatic nitrogens is 2. The first kappa shape index (κ1) is 18.1. The molecule has 1 aliphatic carbocycles. The molecule has 1 unspecified atom stereocenters. The average molecular weight is 385 g/mol. The predicted molar refractivity (Wildman–Crippen MR) is 110 cm³/mol. The highest BCUT2D eigenvalue weighted by atomic mass is 32.1. The van der Waals surface area contributed by atoms with E-state index in [1.807, 2.05) is 23.6 Å². The van der Waals surface area contributed by atoms with Crippen LogP contribution in [0.15, 0.2) is 35.8 Å². The first-order valence-corrected chi connectivity index (χ1v) is 10.1. The largest absolute Gasteiger partial charge is 0.374 e. The van der Waals surface area contributed by atoms with E-state index in [-0.39, 0.29) is 12.1 Å². The molecule has 142 valence electrons. The minimum atomic E-state index is -1.12. The molecular weight excluding hydrogens is 360 g/mol. The molecule has 3 aromatic rings. The highest BCUT2D eigenvalue weighted by Gasteiger charge is 2.22. The second kappa shape index (κ2) is 7.77. The van der Waals surface area contributed by atoms with Crippen molar-refractivity contribution < 1.29 is 5.11 Å². The fraction of sp³-hybridized carbons (Fsp3) is 0.368. The zero-order valence-corrected chi connectivity index (χ0v) is 15.7. The molecule has 0 spiro atoms. The van der Waals surface area contributed by atoms with Crippen LogP contribution < -0.4 is 22.1 Å².